The molecule has 0 aliphatic carbocycles. The first-order valence-corrected chi connectivity index (χ1v) is 7.61. The third kappa shape index (κ3) is 2.73. The predicted molar refractivity (Wildman–Crippen MR) is 89.3 cm³/mol. The van der Waals surface area contributed by atoms with Crippen LogP contribution in [0.15, 0.2) is 24.3 Å². The first-order chi connectivity index (χ1) is 9.32. The molecule has 0 amide bonds. The van der Waals surface area contributed by atoms with Crippen LogP contribution >= 0.6 is 23.2 Å². The highest BCUT2D eigenvalue weighted by Crippen LogP contribution is 2.36. The predicted octanol–water partition coefficient (Wildman–Crippen LogP) is 6.21. The first kappa shape index (κ1) is 15.4. The molecule has 0 aliphatic rings. The molecule has 0 N–H and O–H groups in total. The van der Waals surface area contributed by atoms with E-state index in [9.17, 15) is 0 Å². The lowest BCUT2D eigenvalue weighted by Gasteiger charge is -2.20. The Bertz CT molecular complexity index is 631. The van der Waals surface area contributed by atoms with Gasteiger partial charge in [0.2, 0.25) is 0 Å². The van der Waals surface area contributed by atoms with Gasteiger partial charge < -0.3 is 0 Å². The van der Waals surface area contributed by atoms with Gasteiger partial charge in [-0.2, -0.15) is 0 Å². The zero-order valence-corrected chi connectivity index (χ0v) is 14.2. The highest BCUT2D eigenvalue weighted by atomic mass is 35.5. The van der Waals surface area contributed by atoms with Crippen molar-refractivity contribution in [1.29, 1.82) is 0 Å². The van der Waals surface area contributed by atoms with Crippen molar-refractivity contribution < 1.29 is 0 Å². The first-order valence-electron chi connectivity index (χ1n) is 6.80. The zero-order chi connectivity index (χ0) is 15.0. The highest BCUT2D eigenvalue weighted by Gasteiger charge is 2.18. The third-order valence-electron chi connectivity index (χ3n) is 4.15. The molecule has 2 heteroatoms. The van der Waals surface area contributed by atoms with Crippen LogP contribution in [0, 0.1) is 34.6 Å². The topological polar surface area (TPSA) is 0 Å². The van der Waals surface area contributed by atoms with Crippen molar-refractivity contribution in [3.8, 4) is 0 Å². The van der Waals surface area contributed by atoms with Crippen molar-refractivity contribution in [3.63, 3.8) is 0 Å². The maximum absolute atomic E-state index is 6.77. The second-order valence-electron chi connectivity index (χ2n) is 5.55. The maximum Gasteiger partial charge on any atom is 0.0840 e. The molecule has 0 spiro atoms. The van der Waals surface area contributed by atoms with E-state index in [1.165, 1.54) is 27.8 Å². The number of benzene rings is 2. The Labute approximate surface area is 131 Å². The van der Waals surface area contributed by atoms with Crippen LogP contribution in [-0.4, -0.2) is 0 Å². The van der Waals surface area contributed by atoms with Crippen LogP contribution in [0.4, 0.5) is 0 Å². The Morgan fingerprint density at radius 1 is 0.800 bits per heavy atom. The Hall–Kier alpha value is -0.980. The van der Waals surface area contributed by atoms with Crippen molar-refractivity contribution in [1.82, 2.24) is 0 Å². The molecule has 2 rings (SSSR count). The molecule has 0 heterocycles. The van der Waals surface area contributed by atoms with Crippen molar-refractivity contribution in [2.75, 3.05) is 0 Å². The molecule has 0 saturated heterocycles. The standard InChI is InChI=1S/C18H20Cl2/c1-10-8-11(2)14(5)17(13(10)4)18(20)15-6-7-16(19)12(3)9-15/h6-9,18H,1-5H3. The fourth-order valence-corrected chi connectivity index (χ4v) is 3.20. The molecule has 0 saturated carbocycles. The van der Waals surface area contributed by atoms with Crippen molar-refractivity contribution in [3.05, 3.63) is 68.2 Å². The average molecular weight is 307 g/mol. The molecule has 20 heavy (non-hydrogen) atoms. The number of hydrogen-bond acceptors (Lipinski definition) is 0. The van der Waals surface area contributed by atoms with E-state index in [0.717, 1.165) is 16.1 Å². The third-order valence-corrected chi connectivity index (χ3v) is 5.05. The van der Waals surface area contributed by atoms with Crippen LogP contribution in [0.1, 0.15) is 44.3 Å². The van der Waals surface area contributed by atoms with E-state index in [0.29, 0.717) is 0 Å². The van der Waals surface area contributed by atoms with Gasteiger partial charge in [-0.25, -0.2) is 0 Å². The van der Waals surface area contributed by atoms with Gasteiger partial charge in [-0.15, -0.1) is 11.6 Å². The van der Waals surface area contributed by atoms with Crippen molar-refractivity contribution in [2.24, 2.45) is 0 Å². The number of halogens is 2. The lowest BCUT2D eigenvalue weighted by Crippen LogP contribution is -2.03. The minimum atomic E-state index is -0.135. The van der Waals surface area contributed by atoms with E-state index in [2.05, 4.69) is 39.8 Å². The molecule has 0 aliphatic heterocycles. The number of hydrogen-bond donors (Lipinski definition) is 0. The lowest BCUT2D eigenvalue weighted by atomic mass is 9.89. The summed E-state index contributed by atoms with van der Waals surface area (Å²) in [6.07, 6.45) is 0. The summed E-state index contributed by atoms with van der Waals surface area (Å²) >= 11 is 12.9. The van der Waals surface area contributed by atoms with Gasteiger partial charge in [-0.3, -0.25) is 0 Å². The van der Waals surface area contributed by atoms with Crippen LogP contribution in [-0.2, 0) is 0 Å². The van der Waals surface area contributed by atoms with Gasteiger partial charge in [0.25, 0.3) is 0 Å². The molecule has 0 aromatic heterocycles. The Morgan fingerprint density at radius 3 is 1.85 bits per heavy atom. The lowest BCUT2D eigenvalue weighted by molar-refractivity contribution is 1.05. The van der Waals surface area contributed by atoms with Crippen molar-refractivity contribution >= 4 is 23.2 Å². The normalized spacial score (nSPS) is 12.6. The van der Waals surface area contributed by atoms with E-state index < -0.39 is 0 Å². The summed E-state index contributed by atoms with van der Waals surface area (Å²) in [6.45, 7) is 10.6. The summed E-state index contributed by atoms with van der Waals surface area (Å²) in [4.78, 5) is 0. The maximum atomic E-state index is 6.77. The number of rotatable bonds is 2. The minimum Gasteiger partial charge on any atom is -0.113 e. The van der Waals surface area contributed by atoms with Crippen LogP contribution in [0.25, 0.3) is 0 Å². The molecular weight excluding hydrogens is 287 g/mol. The van der Waals surface area contributed by atoms with Gasteiger partial charge in [0.15, 0.2) is 0 Å². The summed E-state index contributed by atoms with van der Waals surface area (Å²) in [6, 6.07) is 8.25. The van der Waals surface area contributed by atoms with Gasteiger partial charge in [-0.1, -0.05) is 29.8 Å². The molecule has 106 valence electrons. The van der Waals surface area contributed by atoms with Crippen molar-refractivity contribution in [2.45, 2.75) is 40.0 Å². The molecule has 0 bridgehead atoms. The van der Waals surface area contributed by atoms with E-state index in [-0.39, 0.29) is 5.38 Å². The average Bonchev–Trinajstić information content (AvgIpc) is 2.40. The van der Waals surface area contributed by atoms with Gasteiger partial charge >= 0.3 is 0 Å². The van der Waals surface area contributed by atoms with Gasteiger partial charge in [0, 0.05) is 5.02 Å². The summed E-state index contributed by atoms with van der Waals surface area (Å²) < 4.78 is 0. The Balaban J connectivity index is 2.58. The molecule has 0 fully saturated rings. The quantitative estimate of drug-likeness (QED) is 0.579. The van der Waals surface area contributed by atoms with E-state index in [1.54, 1.807) is 0 Å². The second kappa shape index (κ2) is 5.79. The van der Waals surface area contributed by atoms with E-state index in [4.69, 9.17) is 23.2 Å². The number of alkyl halides is 1. The molecule has 2 aromatic carbocycles. The molecule has 2 aromatic rings. The van der Waals surface area contributed by atoms with Gasteiger partial charge in [0.1, 0.15) is 0 Å². The molecule has 1 atom stereocenters. The largest absolute Gasteiger partial charge is 0.113 e. The fraction of sp³-hybridized carbons (Fsp3) is 0.333. The molecule has 0 nitrogen and oxygen atoms in total. The molecule has 1 unspecified atom stereocenters. The zero-order valence-electron chi connectivity index (χ0n) is 12.6. The number of aryl methyl sites for hydroxylation is 3. The summed E-state index contributed by atoms with van der Waals surface area (Å²) in [5.74, 6) is 0. The molecular formula is C18H20Cl2. The van der Waals surface area contributed by atoms with Crippen LogP contribution < -0.4 is 0 Å². The highest BCUT2D eigenvalue weighted by molar-refractivity contribution is 6.31. The summed E-state index contributed by atoms with van der Waals surface area (Å²) in [5, 5.41) is 0.649. The second-order valence-corrected chi connectivity index (χ2v) is 6.39. The van der Waals surface area contributed by atoms with Crippen LogP contribution in [0.2, 0.25) is 5.02 Å². The fourth-order valence-electron chi connectivity index (χ4n) is 2.62. The van der Waals surface area contributed by atoms with Crippen LogP contribution in [0.3, 0.4) is 0 Å². The Kier molecular flexibility index (Phi) is 4.46. The van der Waals surface area contributed by atoms with Crippen LogP contribution in [0.5, 0.6) is 0 Å². The Morgan fingerprint density at radius 2 is 1.35 bits per heavy atom. The monoisotopic (exact) mass is 306 g/mol. The van der Waals surface area contributed by atoms with E-state index >= 15 is 0 Å². The summed E-state index contributed by atoms with van der Waals surface area (Å²) in [7, 11) is 0. The smallest absolute Gasteiger partial charge is 0.0840 e. The van der Waals surface area contributed by atoms with Gasteiger partial charge in [-0.05, 0) is 79.6 Å². The summed E-state index contributed by atoms with van der Waals surface area (Å²) in [5.41, 5.74) is 8.53. The molecule has 0 radical (unpaired) electrons. The van der Waals surface area contributed by atoms with E-state index in [1.807, 2.05) is 19.1 Å². The SMILES string of the molecule is Cc1cc(C(Cl)c2c(C)c(C)cc(C)c2C)ccc1Cl. The minimum absolute atomic E-state index is 0.135. The van der Waals surface area contributed by atoms with Gasteiger partial charge in [0.05, 0.1) is 5.38 Å².